The van der Waals surface area contributed by atoms with Crippen molar-refractivity contribution in [1.82, 2.24) is 4.90 Å². The molecule has 1 unspecified atom stereocenters. The molecule has 194 valence electrons. The molecule has 1 heterocycles. The zero-order chi connectivity index (χ0) is 26.7. The summed E-state index contributed by atoms with van der Waals surface area (Å²) < 4.78 is 39.4. The summed E-state index contributed by atoms with van der Waals surface area (Å²) >= 11 is 20.1. The molecule has 4 rings (SSSR count). The number of thiocarbonyl (C=S) groups is 1. The van der Waals surface area contributed by atoms with Crippen molar-refractivity contribution in [3.63, 3.8) is 0 Å². The van der Waals surface area contributed by atoms with Gasteiger partial charge < -0.3 is 5.32 Å². The normalized spacial score (nSPS) is 15.8. The minimum absolute atomic E-state index is 0.265. The first-order valence-corrected chi connectivity index (χ1v) is 13.6. The average molecular weight is 583 g/mol. The molecule has 1 aliphatic rings. The highest BCUT2D eigenvalue weighted by atomic mass is 35.5. The number of rotatable bonds is 5. The van der Waals surface area contributed by atoms with Crippen LogP contribution in [0.1, 0.15) is 33.9 Å². The van der Waals surface area contributed by atoms with Gasteiger partial charge in [0.05, 0.1) is 21.7 Å². The lowest BCUT2D eigenvalue weighted by Crippen LogP contribution is -2.35. The van der Waals surface area contributed by atoms with Crippen molar-refractivity contribution in [3.8, 4) is 0 Å². The van der Waals surface area contributed by atoms with Crippen LogP contribution in [0.25, 0.3) is 0 Å². The van der Waals surface area contributed by atoms with E-state index in [-0.39, 0.29) is 16.8 Å². The summed E-state index contributed by atoms with van der Waals surface area (Å²) in [6.45, 7) is 4.68. The number of alkyl halides is 3. The third-order valence-corrected chi connectivity index (χ3v) is 7.91. The van der Waals surface area contributed by atoms with Crippen molar-refractivity contribution >= 4 is 63.1 Å². The van der Waals surface area contributed by atoms with Crippen molar-refractivity contribution in [3.05, 3.63) is 98.5 Å². The minimum atomic E-state index is -4.44. The lowest BCUT2D eigenvalue weighted by molar-refractivity contribution is -0.137. The summed E-state index contributed by atoms with van der Waals surface area (Å²) in [6, 6.07) is 16.5. The fourth-order valence-electron chi connectivity index (χ4n) is 4.21. The molecule has 1 saturated heterocycles. The van der Waals surface area contributed by atoms with Crippen LogP contribution in [0.5, 0.6) is 0 Å². The van der Waals surface area contributed by atoms with Gasteiger partial charge in [-0.1, -0.05) is 82.5 Å². The molecule has 3 aromatic rings. The molecule has 0 bridgehead atoms. The molecule has 1 aliphatic heterocycles. The van der Waals surface area contributed by atoms with E-state index in [1.54, 1.807) is 12.1 Å². The second kappa shape index (κ2) is 11.6. The van der Waals surface area contributed by atoms with Crippen LogP contribution in [-0.4, -0.2) is 27.5 Å². The van der Waals surface area contributed by atoms with Gasteiger partial charge in [-0.2, -0.15) is 13.2 Å². The highest BCUT2D eigenvalue weighted by Gasteiger charge is 2.31. The van der Waals surface area contributed by atoms with Crippen molar-refractivity contribution in [2.24, 2.45) is 4.99 Å². The van der Waals surface area contributed by atoms with Gasteiger partial charge >= 0.3 is 6.18 Å². The largest absolute Gasteiger partial charge is 0.416 e. The Morgan fingerprint density at radius 1 is 1.08 bits per heavy atom. The maximum Gasteiger partial charge on any atom is 0.416 e. The molecule has 0 saturated carbocycles. The summed E-state index contributed by atoms with van der Waals surface area (Å²) in [6.07, 6.45) is -3.85. The van der Waals surface area contributed by atoms with E-state index in [4.69, 9.17) is 40.4 Å². The van der Waals surface area contributed by atoms with E-state index in [9.17, 15) is 13.2 Å². The maximum atomic E-state index is 13.1. The number of nitrogens with one attached hydrogen (secondary N) is 1. The number of nitrogens with zero attached hydrogens (tertiary/aromatic N) is 2. The molecule has 0 aliphatic carbocycles. The van der Waals surface area contributed by atoms with Crippen LogP contribution in [0.4, 0.5) is 18.9 Å². The number of aryl methyl sites for hydroxylation is 2. The predicted octanol–water partition coefficient (Wildman–Crippen LogP) is 8.71. The number of amidine groups is 1. The lowest BCUT2D eigenvalue weighted by Gasteiger charge is -2.23. The van der Waals surface area contributed by atoms with Gasteiger partial charge in [0, 0.05) is 18.0 Å². The van der Waals surface area contributed by atoms with Crippen LogP contribution in [0, 0.1) is 13.8 Å². The number of anilines is 1. The Hall–Kier alpha value is -2.26. The van der Waals surface area contributed by atoms with E-state index in [1.807, 2.05) is 17.0 Å². The first-order chi connectivity index (χ1) is 17.5. The van der Waals surface area contributed by atoms with Crippen LogP contribution in [0.2, 0.25) is 10.0 Å². The van der Waals surface area contributed by atoms with E-state index in [2.05, 4.69) is 37.4 Å². The molecule has 3 aromatic carbocycles. The van der Waals surface area contributed by atoms with Gasteiger partial charge in [-0.3, -0.25) is 9.89 Å². The lowest BCUT2D eigenvalue weighted by atomic mass is 9.97. The molecule has 1 N–H and O–H groups in total. The fraction of sp³-hybridized carbons (Fsp3) is 0.259. The van der Waals surface area contributed by atoms with Crippen molar-refractivity contribution in [2.45, 2.75) is 32.5 Å². The van der Waals surface area contributed by atoms with Gasteiger partial charge in [0.1, 0.15) is 0 Å². The van der Waals surface area contributed by atoms with Gasteiger partial charge in [0.15, 0.2) is 10.3 Å². The van der Waals surface area contributed by atoms with E-state index >= 15 is 0 Å². The zero-order valence-electron chi connectivity index (χ0n) is 20.1. The van der Waals surface area contributed by atoms with Crippen LogP contribution in [0.3, 0.4) is 0 Å². The smallest absolute Gasteiger partial charge is 0.332 e. The summed E-state index contributed by atoms with van der Waals surface area (Å²) in [5.41, 5.74) is 3.74. The summed E-state index contributed by atoms with van der Waals surface area (Å²) in [4.78, 5) is 6.87. The molecule has 10 heteroatoms. The van der Waals surface area contributed by atoms with Crippen LogP contribution < -0.4 is 5.32 Å². The van der Waals surface area contributed by atoms with Gasteiger partial charge in [-0.25, -0.2) is 0 Å². The highest BCUT2D eigenvalue weighted by molar-refractivity contribution is 8.14. The van der Waals surface area contributed by atoms with E-state index in [0.29, 0.717) is 28.2 Å². The maximum absolute atomic E-state index is 13.1. The minimum Gasteiger partial charge on any atom is -0.332 e. The van der Waals surface area contributed by atoms with Crippen molar-refractivity contribution < 1.29 is 13.2 Å². The van der Waals surface area contributed by atoms with E-state index in [1.165, 1.54) is 17.8 Å². The molecule has 0 radical (unpaired) electrons. The van der Waals surface area contributed by atoms with Gasteiger partial charge in [0.2, 0.25) is 0 Å². The number of halogens is 5. The molecule has 0 aromatic heterocycles. The van der Waals surface area contributed by atoms with Crippen molar-refractivity contribution in [2.75, 3.05) is 17.6 Å². The van der Waals surface area contributed by atoms with Gasteiger partial charge in [-0.05, 0) is 67.9 Å². The van der Waals surface area contributed by atoms with E-state index in [0.717, 1.165) is 40.1 Å². The second-order valence-corrected chi connectivity index (χ2v) is 11.0. The Morgan fingerprint density at radius 2 is 1.78 bits per heavy atom. The summed E-state index contributed by atoms with van der Waals surface area (Å²) in [5, 5.41) is 4.79. The van der Waals surface area contributed by atoms with Gasteiger partial charge in [-0.15, -0.1) is 0 Å². The Kier molecular flexibility index (Phi) is 8.74. The summed E-state index contributed by atoms with van der Waals surface area (Å²) in [5.74, 6) is 0.739. The fourth-order valence-corrected chi connectivity index (χ4v) is 5.99. The van der Waals surface area contributed by atoms with Crippen molar-refractivity contribution in [1.29, 1.82) is 0 Å². The predicted molar refractivity (Wildman–Crippen MR) is 153 cm³/mol. The molecule has 37 heavy (non-hydrogen) atoms. The Labute approximate surface area is 234 Å². The second-order valence-electron chi connectivity index (χ2n) is 8.78. The van der Waals surface area contributed by atoms with E-state index < -0.39 is 11.7 Å². The molecule has 3 nitrogen and oxygen atoms in total. The molecule has 1 atom stereocenters. The molecule has 1 fully saturated rings. The molecular weight excluding hydrogens is 558 g/mol. The number of hydrogen-bond donors (Lipinski definition) is 1. The third kappa shape index (κ3) is 6.99. The van der Waals surface area contributed by atoms with Crippen LogP contribution >= 0.6 is 47.2 Å². The van der Waals surface area contributed by atoms with Crippen LogP contribution in [0.15, 0.2) is 65.7 Å². The Bertz CT molecular complexity index is 1320. The number of thioether (sulfide) groups is 1. The third-order valence-electron chi connectivity index (χ3n) is 5.78. The average Bonchev–Trinajstić information content (AvgIpc) is 3.28. The molecular formula is C27H24Cl2F3N3S2. The summed E-state index contributed by atoms with van der Waals surface area (Å²) in [7, 11) is 0. The zero-order valence-corrected chi connectivity index (χ0v) is 23.2. The molecule has 0 amide bonds. The highest BCUT2D eigenvalue weighted by Crippen LogP contribution is 2.36. The Balaban J connectivity index is 1.64. The Morgan fingerprint density at radius 3 is 2.49 bits per heavy atom. The van der Waals surface area contributed by atoms with Gasteiger partial charge in [0.25, 0.3) is 0 Å². The topological polar surface area (TPSA) is 27.6 Å². The first kappa shape index (κ1) is 27.8. The monoisotopic (exact) mass is 581 g/mol. The standard InChI is InChI=1S/C27H24Cl2F3N3S2/c1-16-11-17(2)13-18(12-16)14-23(21-7-4-8-22(28)24(21)29)34-26-35(9-10-37-26)25(36)33-20-6-3-5-19(15-20)27(30,31)32/h3-8,11-13,15,23H,9-10,14H2,1-2H3,(H,33,36). The van der Waals surface area contributed by atoms with Crippen LogP contribution in [-0.2, 0) is 12.6 Å². The molecule has 0 spiro atoms. The quantitative estimate of drug-likeness (QED) is 0.305. The SMILES string of the molecule is Cc1cc(C)cc(CC(N=C2SCCN2C(=S)Nc2cccc(C(F)(F)F)c2)c2cccc(Cl)c2Cl)c1. The number of hydrogen-bond acceptors (Lipinski definition) is 3. The first-order valence-electron chi connectivity index (χ1n) is 11.5. The number of benzene rings is 3. The number of aliphatic imine (C=N–C) groups is 1.